The van der Waals surface area contributed by atoms with Crippen molar-refractivity contribution in [3.63, 3.8) is 0 Å². The average Bonchev–Trinajstić information content (AvgIpc) is 3.66. The summed E-state index contributed by atoms with van der Waals surface area (Å²) in [5.74, 6) is 1.01. The smallest absolute Gasteiger partial charge is 0.309 e. The predicted octanol–water partition coefficient (Wildman–Crippen LogP) is 2.45. The van der Waals surface area contributed by atoms with Crippen molar-refractivity contribution in [2.75, 3.05) is 50.0 Å². The van der Waals surface area contributed by atoms with E-state index in [1.807, 2.05) is 4.90 Å². The molecule has 5 heterocycles. The molecule has 0 bridgehead atoms. The summed E-state index contributed by atoms with van der Waals surface area (Å²) < 4.78 is 29.4. The SMILES string of the molecule is CC(C)(O)COc1ccc(N2CCN(CCn3c(=O)sc4c3nc(N)n3nc(-c5ccco5)nc43)CC2)c(F)c1. The molecule has 12 nitrogen and oxygen atoms in total. The summed E-state index contributed by atoms with van der Waals surface area (Å²) in [6.45, 7) is 7.11. The fraction of sp³-hybridized carbons (Fsp3) is 0.385. The monoisotopic (exact) mass is 568 g/mol. The van der Waals surface area contributed by atoms with Crippen molar-refractivity contribution in [3.8, 4) is 17.3 Å². The lowest BCUT2D eigenvalue weighted by atomic mass is 10.1. The minimum absolute atomic E-state index is 0.0743. The van der Waals surface area contributed by atoms with Crippen LogP contribution in [-0.2, 0) is 6.54 Å². The Hall–Kier alpha value is -4.01. The van der Waals surface area contributed by atoms with Crippen molar-refractivity contribution in [2.45, 2.75) is 26.0 Å². The molecular weight excluding hydrogens is 539 g/mol. The molecule has 5 aromatic rings. The number of fused-ring (bicyclic) bond motifs is 3. The molecule has 4 aromatic heterocycles. The van der Waals surface area contributed by atoms with Crippen molar-refractivity contribution in [3.05, 3.63) is 52.1 Å². The van der Waals surface area contributed by atoms with Crippen molar-refractivity contribution in [2.24, 2.45) is 0 Å². The van der Waals surface area contributed by atoms with Gasteiger partial charge in [0.15, 0.2) is 17.1 Å². The number of rotatable bonds is 8. The molecular formula is C26H29FN8O4S. The van der Waals surface area contributed by atoms with Gasteiger partial charge in [-0.1, -0.05) is 11.3 Å². The third-order valence-electron chi connectivity index (χ3n) is 6.72. The maximum absolute atomic E-state index is 14.8. The molecule has 1 aromatic carbocycles. The summed E-state index contributed by atoms with van der Waals surface area (Å²) in [5, 5.41) is 14.2. The number of piperazine rings is 1. The van der Waals surface area contributed by atoms with Crippen LogP contribution >= 0.6 is 11.3 Å². The summed E-state index contributed by atoms with van der Waals surface area (Å²) in [6.07, 6.45) is 1.54. The van der Waals surface area contributed by atoms with E-state index in [9.17, 15) is 14.3 Å². The van der Waals surface area contributed by atoms with E-state index < -0.39 is 5.60 Å². The Balaban J connectivity index is 1.12. The first kappa shape index (κ1) is 26.2. The van der Waals surface area contributed by atoms with Crippen molar-refractivity contribution >= 4 is 39.0 Å². The topological polar surface area (TPSA) is 140 Å². The van der Waals surface area contributed by atoms with Crippen LogP contribution in [-0.4, -0.2) is 79.1 Å². The van der Waals surface area contributed by atoms with Crippen LogP contribution < -0.4 is 20.2 Å². The Morgan fingerprint density at radius 1 is 1.15 bits per heavy atom. The molecule has 0 aliphatic carbocycles. The Morgan fingerprint density at radius 3 is 2.65 bits per heavy atom. The minimum Gasteiger partial charge on any atom is -0.491 e. The fourth-order valence-electron chi connectivity index (χ4n) is 4.68. The van der Waals surface area contributed by atoms with E-state index in [0.717, 1.165) is 11.3 Å². The van der Waals surface area contributed by atoms with Gasteiger partial charge in [-0.25, -0.2) is 9.37 Å². The molecule has 0 unspecified atom stereocenters. The van der Waals surface area contributed by atoms with E-state index in [0.29, 0.717) is 78.3 Å². The summed E-state index contributed by atoms with van der Waals surface area (Å²) in [5.41, 5.74) is 6.63. The molecule has 40 heavy (non-hydrogen) atoms. The van der Waals surface area contributed by atoms with E-state index in [1.165, 1.54) is 16.8 Å². The average molecular weight is 569 g/mol. The number of furan rings is 1. The van der Waals surface area contributed by atoms with E-state index in [1.54, 1.807) is 42.7 Å². The number of halogens is 1. The van der Waals surface area contributed by atoms with E-state index >= 15 is 0 Å². The third-order valence-corrected chi connectivity index (χ3v) is 7.69. The largest absolute Gasteiger partial charge is 0.491 e. The zero-order valence-corrected chi connectivity index (χ0v) is 22.9. The van der Waals surface area contributed by atoms with Crippen LogP contribution in [0.3, 0.4) is 0 Å². The van der Waals surface area contributed by atoms with Gasteiger partial charge in [0, 0.05) is 45.3 Å². The van der Waals surface area contributed by atoms with Crippen LogP contribution in [0.1, 0.15) is 13.8 Å². The molecule has 1 aliphatic heterocycles. The number of nitrogens with zero attached hydrogens (tertiary/aromatic N) is 7. The number of aromatic nitrogens is 5. The summed E-state index contributed by atoms with van der Waals surface area (Å²) in [6, 6.07) is 8.27. The maximum atomic E-state index is 14.8. The summed E-state index contributed by atoms with van der Waals surface area (Å²) >= 11 is 1.06. The summed E-state index contributed by atoms with van der Waals surface area (Å²) in [4.78, 5) is 26.0. The minimum atomic E-state index is -0.999. The summed E-state index contributed by atoms with van der Waals surface area (Å²) in [7, 11) is 0. The number of ether oxygens (including phenoxy) is 1. The van der Waals surface area contributed by atoms with Crippen molar-refractivity contribution < 1.29 is 18.7 Å². The first-order valence-electron chi connectivity index (χ1n) is 12.9. The number of anilines is 2. The zero-order chi connectivity index (χ0) is 28.0. The van der Waals surface area contributed by atoms with Gasteiger partial charge < -0.3 is 24.9 Å². The van der Waals surface area contributed by atoms with Crippen LogP contribution in [0.25, 0.3) is 27.6 Å². The molecule has 1 fully saturated rings. The van der Waals surface area contributed by atoms with Crippen LogP contribution in [0.5, 0.6) is 5.75 Å². The normalized spacial score (nSPS) is 14.9. The first-order chi connectivity index (χ1) is 19.2. The van der Waals surface area contributed by atoms with Crippen molar-refractivity contribution in [1.29, 1.82) is 0 Å². The Kier molecular flexibility index (Phi) is 6.68. The highest BCUT2D eigenvalue weighted by Crippen LogP contribution is 2.27. The van der Waals surface area contributed by atoms with Crippen LogP contribution in [0.15, 0.2) is 45.8 Å². The number of hydrogen-bond donors (Lipinski definition) is 2. The van der Waals surface area contributed by atoms with Gasteiger partial charge in [-0.2, -0.15) is 9.50 Å². The van der Waals surface area contributed by atoms with Gasteiger partial charge in [-0.15, -0.1) is 5.10 Å². The Labute approximate surface area is 232 Å². The maximum Gasteiger partial charge on any atom is 0.309 e. The highest BCUT2D eigenvalue weighted by molar-refractivity contribution is 7.17. The molecule has 1 saturated heterocycles. The van der Waals surface area contributed by atoms with Gasteiger partial charge in [0.1, 0.15) is 22.9 Å². The lowest BCUT2D eigenvalue weighted by Crippen LogP contribution is -2.47. The van der Waals surface area contributed by atoms with Crippen LogP contribution in [0, 0.1) is 5.82 Å². The zero-order valence-electron chi connectivity index (χ0n) is 22.1. The lowest BCUT2D eigenvalue weighted by Gasteiger charge is -2.36. The van der Waals surface area contributed by atoms with Crippen LogP contribution in [0.4, 0.5) is 16.0 Å². The van der Waals surface area contributed by atoms with Gasteiger partial charge in [-0.3, -0.25) is 14.3 Å². The van der Waals surface area contributed by atoms with Gasteiger partial charge in [0.05, 0.1) is 17.6 Å². The highest BCUT2D eigenvalue weighted by atomic mass is 32.1. The lowest BCUT2D eigenvalue weighted by molar-refractivity contribution is 0.0284. The van der Waals surface area contributed by atoms with Crippen molar-refractivity contribution in [1.82, 2.24) is 29.0 Å². The second-order valence-corrected chi connectivity index (χ2v) is 11.3. The molecule has 3 N–H and O–H groups in total. The molecule has 0 atom stereocenters. The quantitative estimate of drug-likeness (QED) is 0.287. The molecule has 0 amide bonds. The fourth-order valence-corrected chi connectivity index (χ4v) is 5.62. The number of thiazole rings is 1. The Morgan fingerprint density at radius 2 is 1.95 bits per heavy atom. The van der Waals surface area contributed by atoms with E-state index in [2.05, 4.69) is 20.0 Å². The van der Waals surface area contributed by atoms with Gasteiger partial charge >= 0.3 is 4.87 Å². The van der Waals surface area contributed by atoms with E-state index in [-0.39, 0.29) is 23.2 Å². The second kappa shape index (κ2) is 10.2. The number of nitrogens with two attached hydrogens (primary N) is 1. The third kappa shape index (κ3) is 5.12. The van der Waals surface area contributed by atoms with Gasteiger partial charge in [-0.05, 0) is 38.1 Å². The number of aliphatic hydroxyl groups is 1. The number of nitrogen functional groups attached to an aromatic ring is 1. The first-order valence-corrected chi connectivity index (χ1v) is 13.7. The van der Waals surface area contributed by atoms with Gasteiger partial charge in [0.2, 0.25) is 11.8 Å². The predicted molar refractivity (Wildman–Crippen MR) is 149 cm³/mol. The second-order valence-electron chi connectivity index (χ2n) is 10.3. The van der Waals surface area contributed by atoms with Crippen LogP contribution in [0.2, 0.25) is 0 Å². The molecule has 1 aliphatic rings. The van der Waals surface area contributed by atoms with E-state index in [4.69, 9.17) is 14.9 Å². The molecule has 14 heteroatoms. The Bertz CT molecular complexity index is 1710. The standard InChI is InChI=1S/C26H29FN8O4S/c1-26(2,37)15-39-16-5-6-18(17(27)14-16)33-10-7-32(8-11-33)9-12-34-22-20(40-25(34)36)23-29-21(19-4-3-13-38-19)31-35(23)24(28)30-22/h3-6,13-14,37H,7-12,15H2,1-2H3,(H2,28,30). The highest BCUT2D eigenvalue weighted by Gasteiger charge is 2.23. The number of benzene rings is 1. The molecule has 0 saturated carbocycles. The molecule has 6 rings (SSSR count). The molecule has 0 spiro atoms. The number of hydrogen-bond acceptors (Lipinski definition) is 11. The molecule has 0 radical (unpaired) electrons. The van der Waals surface area contributed by atoms with Gasteiger partial charge in [0.25, 0.3) is 0 Å². The molecule has 210 valence electrons.